The summed E-state index contributed by atoms with van der Waals surface area (Å²) >= 11 is 0. The number of hydrogen-bond acceptors (Lipinski definition) is 5. The molecule has 0 bridgehead atoms. The molecule has 2 amide bonds. The Balaban J connectivity index is 1.45. The molecule has 1 aliphatic rings. The van der Waals surface area contributed by atoms with Gasteiger partial charge >= 0.3 is 6.03 Å². The number of ether oxygens (including phenoxy) is 1. The summed E-state index contributed by atoms with van der Waals surface area (Å²) in [6, 6.07) is 7.30. The first-order valence-corrected chi connectivity index (χ1v) is 8.24. The highest BCUT2D eigenvalue weighted by atomic mass is 16.5. The van der Waals surface area contributed by atoms with Gasteiger partial charge in [0.1, 0.15) is 5.75 Å². The summed E-state index contributed by atoms with van der Waals surface area (Å²) in [7, 11) is 0. The minimum Gasteiger partial charge on any atom is -0.494 e. The third-order valence-electron chi connectivity index (χ3n) is 3.93. The number of benzene rings is 1. The topological polar surface area (TPSA) is 80.5 Å². The van der Waals surface area contributed by atoms with Gasteiger partial charge in [-0.15, -0.1) is 0 Å². The number of amides is 2. The monoisotopic (exact) mass is 330 g/mol. The number of carbonyl (C=O) groups is 1. The van der Waals surface area contributed by atoms with Crippen molar-refractivity contribution in [1.82, 2.24) is 15.0 Å². The average Bonchev–Trinajstić information content (AvgIpc) is 2.94. The van der Waals surface area contributed by atoms with Crippen LogP contribution in [0, 0.1) is 6.92 Å². The molecule has 0 unspecified atom stereocenters. The van der Waals surface area contributed by atoms with E-state index < -0.39 is 0 Å². The smallest absolute Gasteiger partial charge is 0.321 e. The zero-order valence-corrected chi connectivity index (χ0v) is 14.0. The van der Waals surface area contributed by atoms with E-state index in [4.69, 9.17) is 9.26 Å². The van der Waals surface area contributed by atoms with Crippen LogP contribution in [0.3, 0.4) is 0 Å². The highest BCUT2D eigenvalue weighted by Gasteiger charge is 2.35. The van der Waals surface area contributed by atoms with E-state index in [0.717, 1.165) is 24.3 Å². The Labute approximate surface area is 141 Å². The van der Waals surface area contributed by atoms with E-state index in [2.05, 4.69) is 22.4 Å². The predicted octanol–water partition coefficient (Wildman–Crippen LogP) is 3.19. The summed E-state index contributed by atoms with van der Waals surface area (Å²) in [5.41, 5.74) is 0.750. The fourth-order valence-corrected chi connectivity index (χ4v) is 2.45. The van der Waals surface area contributed by atoms with Crippen LogP contribution in [0.4, 0.5) is 10.5 Å². The number of nitrogens with zero attached hydrogens (tertiary/aromatic N) is 3. The molecule has 1 aromatic heterocycles. The lowest BCUT2D eigenvalue weighted by Gasteiger charge is -2.36. The summed E-state index contributed by atoms with van der Waals surface area (Å²) < 4.78 is 10.7. The molecule has 24 heavy (non-hydrogen) atoms. The molecule has 2 heterocycles. The number of unbranched alkanes of at least 4 members (excludes halogenated alkanes) is 1. The van der Waals surface area contributed by atoms with Gasteiger partial charge in [-0.05, 0) is 37.6 Å². The highest BCUT2D eigenvalue weighted by molar-refractivity contribution is 5.90. The SMILES string of the molecule is CCCCOc1ccc(NC(=O)N2CC(c3nc(C)no3)C2)cc1. The van der Waals surface area contributed by atoms with E-state index in [1.807, 2.05) is 24.3 Å². The number of likely N-dealkylation sites (tertiary alicyclic amines) is 1. The first-order valence-electron chi connectivity index (χ1n) is 8.24. The van der Waals surface area contributed by atoms with Crippen molar-refractivity contribution in [2.75, 3.05) is 25.0 Å². The zero-order chi connectivity index (χ0) is 16.9. The van der Waals surface area contributed by atoms with E-state index in [9.17, 15) is 4.79 Å². The molecule has 1 fully saturated rings. The molecule has 0 radical (unpaired) electrons. The normalized spacial score (nSPS) is 14.3. The minimum atomic E-state index is -0.123. The fraction of sp³-hybridized carbons (Fsp3) is 0.471. The number of anilines is 1. The summed E-state index contributed by atoms with van der Waals surface area (Å²) in [5.74, 6) is 2.17. The Hall–Kier alpha value is -2.57. The van der Waals surface area contributed by atoms with E-state index in [0.29, 0.717) is 31.4 Å². The number of aryl methyl sites for hydroxylation is 1. The standard InChI is InChI=1S/C17H22N4O3/c1-3-4-9-23-15-7-5-14(6-8-15)19-17(22)21-10-13(11-21)16-18-12(2)20-24-16/h5-8,13H,3-4,9-11H2,1-2H3,(H,19,22). The minimum absolute atomic E-state index is 0.123. The molecule has 0 saturated carbocycles. The van der Waals surface area contributed by atoms with Gasteiger partial charge < -0.3 is 19.5 Å². The van der Waals surface area contributed by atoms with Gasteiger partial charge in [-0.2, -0.15) is 4.98 Å². The summed E-state index contributed by atoms with van der Waals surface area (Å²) in [6.07, 6.45) is 2.14. The zero-order valence-electron chi connectivity index (χ0n) is 14.0. The lowest BCUT2D eigenvalue weighted by Crippen LogP contribution is -2.50. The average molecular weight is 330 g/mol. The van der Waals surface area contributed by atoms with Gasteiger partial charge in [-0.1, -0.05) is 18.5 Å². The van der Waals surface area contributed by atoms with Gasteiger partial charge in [0.05, 0.1) is 12.5 Å². The van der Waals surface area contributed by atoms with E-state index >= 15 is 0 Å². The highest BCUT2D eigenvalue weighted by Crippen LogP contribution is 2.26. The van der Waals surface area contributed by atoms with Crippen molar-refractivity contribution in [2.24, 2.45) is 0 Å². The second-order valence-electron chi connectivity index (χ2n) is 5.94. The molecule has 0 spiro atoms. The first kappa shape index (κ1) is 16.3. The quantitative estimate of drug-likeness (QED) is 0.823. The molecule has 1 aromatic carbocycles. The maximum Gasteiger partial charge on any atom is 0.321 e. The van der Waals surface area contributed by atoms with Gasteiger partial charge in [0.2, 0.25) is 5.89 Å². The van der Waals surface area contributed by atoms with Crippen LogP contribution in [-0.4, -0.2) is 40.8 Å². The van der Waals surface area contributed by atoms with Crippen molar-refractivity contribution in [3.05, 3.63) is 36.0 Å². The van der Waals surface area contributed by atoms with Crippen molar-refractivity contribution in [3.63, 3.8) is 0 Å². The van der Waals surface area contributed by atoms with Gasteiger partial charge in [0, 0.05) is 18.8 Å². The molecule has 1 aliphatic heterocycles. The number of hydrogen-bond donors (Lipinski definition) is 1. The second-order valence-corrected chi connectivity index (χ2v) is 5.94. The molecule has 7 nitrogen and oxygen atoms in total. The molecule has 0 atom stereocenters. The number of aromatic nitrogens is 2. The molecule has 3 rings (SSSR count). The van der Waals surface area contributed by atoms with Gasteiger partial charge in [-0.3, -0.25) is 0 Å². The Morgan fingerprint density at radius 1 is 1.38 bits per heavy atom. The lowest BCUT2D eigenvalue weighted by molar-refractivity contribution is 0.147. The molecule has 7 heteroatoms. The van der Waals surface area contributed by atoms with Crippen LogP contribution in [-0.2, 0) is 0 Å². The Kier molecular flexibility index (Phi) is 4.98. The Bertz CT molecular complexity index is 677. The van der Waals surface area contributed by atoms with E-state index in [-0.39, 0.29) is 11.9 Å². The van der Waals surface area contributed by atoms with Crippen molar-refractivity contribution in [3.8, 4) is 5.75 Å². The van der Waals surface area contributed by atoms with Crippen molar-refractivity contribution in [1.29, 1.82) is 0 Å². The van der Waals surface area contributed by atoms with Crippen molar-refractivity contribution < 1.29 is 14.1 Å². The summed E-state index contributed by atoms with van der Waals surface area (Å²) in [5, 5.41) is 6.66. The van der Waals surface area contributed by atoms with Gasteiger partial charge in [-0.25, -0.2) is 4.79 Å². The third-order valence-corrected chi connectivity index (χ3v) is 3.93. The van der Waals surface area contributed by atoms with Crippen LogP contribution < -0.4 is 10.1 Å². The molecule has 1 N–H and O–H groups in total. The number of rotatable bonds is 6. The second kappa shape index (κ2) is 7.33. The lowest BCUT2D eigenvalue weighted by atomic mass is 10.0. The van der Waals surface area contributed by atoms with Crippen LogP contribution in [0.1, 0.15) is 37.4 Å². The van der Waals surface area contributed by atoms with Crippen LogP contribution in [0.5, 0.6) is 5.75 Å². The third kappa shape index (κ3) is 3.84. The van der Waals surface area contributed by atoms with Crippen LogP contribution in [0.25, 0.3) is 0 Å². The number of urea groups is 1. The molecular formula is C17H22N4O3. The molecular weight excluding hydrogens is 308 g/mol. The van der Waals surface area contributed by atoms with Crippen LogP contribution in [0.15, 0.2) is 28.8 Å². The van der Waals surface area contributed by atoms with E-state index in [1.54, 1.807) is 11.8 Å². The van der Waals surface area contributed by atoms with Crippen LogP contribution >= 0.6 is 0 Å². The Morgan fingerprint density at radius 3 is 2.75 bits per heavy atom. The largest absolute Gasteiger partial charge is 0.494 e. The van der Waals surface area contributed by atoms with Crippen molar-refractivity contribution >= 4 is 11.7 Å². The number of nitrogens with one attached hydrogen (secondary N) is 1. The maximum atomic E-state index is 12.2. The molecule has 1 saturated heterocycles. The van der Waals surface area contributed by atoms with E-state index in [1.165, 1.54) is 0 Å². The summed E-state index contributed by atoms with van der Waals surface area (Å²) in [4.78, 5) is 18.1. The molecule has 128 valence electrons. The van der Waals surface area contributed by atoms with Gasteiger partial charge in [0.15, 0.2) is 5.82 Å². The first-order chi connectivity index (χ1) is 11.7. The fourth-order valence-electron chi connectivity index (χ4n) is 2.45. The summed E-state index contributed by atoms with van der Waals surface area (Å²) in [6.45, 7) is 5.80. The Morgan fingerprint density at radius 2 is 2.12 bits per heavy atom. The molecule has 2 aromatic rings. The van der Waals surface area contributed by atoms with Crippen molar-refractivity contribution in [2.45, 2.75) is 32.6 Å². The predicted molar refractivity (Wildman–Crippen MR) is 89.2 cm³/mol. The van der Waals surface area contributed by atoms with Gasteiger partial charge in [0.25, 0.3) is 0 Å². The maximum absolute atomic E-state index is 12.2. The number of carbonyl (C=O) groups excluding carboxylic acids is 1. The molecule has 0 aliphatic carbocycles. The van der Waals surface area contributed by atoms with Crippen LogP contribution in [0.2, 0.25) is 0 Å².